The summed E-state index contributed by atoms with van der Waals surface area (Å²) in [6.07, 6.45) is 3.31. The molecule has 2 aromatic rings. The highest BCUT2D eigenvalue weighted by Crippen LogP contribution is 2.24. The molecule has 1 unspecified atom stereocenters. The van der Waals surface area contributed by atoms with Crippen molar-refractivity contribution in [2.75, 3.05) is 0 Å². The standard InChI is InChI=1S/C16H18N2O/c1-3-4-10-16(19)15-11-17-12-18(15)13(2)14-8-6-5-7-9-14/h5-9,11-13,16,19H,10H2,1-2H3/t13-,16?/m1/s1. The lowest BCUT2D eigenvalue weighted by atomic mass is 10.1. The van der Waals surface area contributed by atoms with Gasteiger partial charge in [0.1, 0.15) is 6.10 Å². The number of rotatable bonds is 4. The van der Waals surface area contributed by atoms with Crippen LogP contribution in [0.25, 0.3) is 0 Å². The van der Waals surface area contributed by atoms with Gasteiger partial charge in [0, 0.05) is 6.42 Å². The normalized spacial score (nSPS) is 13.4. The van der Waals surface area contributed by atoms with Crippen molar-refractivity contribution in [3.05, 3.63) is 54.1 Å². The molecule has 1 aromatic carbocycles. The molecule has 0 saturated carbocycles. The topological polar surface area (TPSA) is 38.1 Å². The number of imidazole rings is 1. The van der Waals surface area contributed by atoms with Crippen molar-refractivity contribution >= 4 is 0 Å². The first-order valence-electron chi connectivity index (χ1n) is 6.38. The average Bonchev–Trinajstić information content (AvgIpc) is 2.94. The molecule has 2 rings (SSSR count). The van der Waals surface area contributed by atoms with Crippen LogP contribution in [0.2, 0.25) is 0 Å². The van der Waals surface area contributed by atoms with E-state index in [9.17, 15) is 5.11 Å². The monoisotopic (exact) mass is 254 g/mol. The molecule has 1 heterocycles. The van der Waals surface area contributed by atoms with E-state index in [1.54, 1.807) is 19.4 Å². The summed E-state index contributed by atoms with van der Waals surface area (Å²) in [4.78, 5) is 4.15. The molecule has 0 amide bonds. The Hall–Kier alpha value is -2.05. The number of hydrogen-bond acceptors (Lipinski definition) is 2. The van der Waals surface area contributed by atoms with Crippen LogP contribution in [0.1, 0.15) is 43.7 Å². The van der Waals surface area contributed by atoms with Crippen LogP contribution in [0.4, 0.5) is 0 Å². The fourth-order valence-corrected chi connectivity index (χ4v) is 2.09. The Labute approximate surface area is 113 Å². The minimum atomic E-state index is -0.596. The van der Waals surface area contributed by atoms with Crippen molar-refractivity contribution in [1.29, 1.82) is 0 Å². The van der Waals surface area contributed by atoms with Crippen molar-refractivity contribution in [2.24, 2.45) is 0 Å². The molecule has 19 heavy (non-hydrogen) atoms. The summed E-state index contributed by atoms with van der Waals surface area (Å²) in [5.74, 6) is 5.70. The first-order valence-corrected chi connectivity index (χ1v) is 6.38. The second kappa shape index (κ2) is 6.21. The van der Waals surface area contributed by atoms with Crippen LogP contribution in [0, 0.1) is 11.8 Å². The fourth-order valence-electron chi connectivity index (χ4n) is 2.09. The number of nitrogens with zero attached hydrogens (tertiary/aromatic N) is 2. The molecule has 0 aliphatic heterocycles. The molecule has 0 spiro atoms. The van der Waals surface area contributed by atoms with Crippen LogP contribution in [0.15, 0.2) is 42.9 Å². The van der Waals surface area contributed by atoms with E-state index in [1.807, 2.05) is 22.8 Å². The van der Waals surface area contributed by atoms with Crippen LogP contribution in [0.5, 0.6) is 0 Å². The SMILES string of the molecule is CC#CCC(O)c1cncn1[C@H](C)c1ccccc1. The summed E-state index contributed by atoms with van der Waals surface area (Å²) in [5.41, 5.74) is 2.00. The summed E-state index contributed by atoms with van der Waals surface area (Å²) in [6.45, 7) is 3.87. The highest BCUT2D eigenvalue weighted by Gasteiger charge is 2.16. The molecule has 0 bridgehead atoms. The van der Waals surface area contributed by atoms with Gasteiger partial charge in [-0.1, -0.05) is 30.3 Å². The number of aromatic nitrogens is 2. The van der Waals surface area contributed by atoms with Crippen LogP contribution < -0.4 is 0 Å². The largest absolute Gasteiger partial charge is 0.386 e. The van der Waals surface area contributed by atoms with E-state index >= 15 is 0 Å². The van der Waals surface area contributed by atoms with E-state index < -0.39 is 6.10 Å². The number of benzene rings is 1. The van der Waals surface area contributed by atoms with Crippen molar-refractivity contribution in [2.45, 2.75) is 32.4 Å². The van der Waals surface area contributed by atoms with Crippen LogP contribution in [-0.4, -0.2) is 14.7 Å². The number of hydrogen-bond donors (Lipinski definition) is 1. The maximum absolute atomic E-state index is 10.2. The maximum Gasteiger partial charge on any atom is 0.106 e. The zero-order valence-electron chi connectivity index (χ0n) is 11.2. The molecule has 3 heteroatoms. The zero-order valence-corrected chi connectivity index (χ0v) is 11.2. The maximum atomic E-state index is 10.2. The van der Waals surface area contributed by atoms with Gasteiger partial charge in [0.15, 0.2) is 0 Å². The predicted molar refractivity (Wildman–Crippen MR) is 75.5 cm³/mol. The average molecular weight is 254 g/mol. The highest BCUT2D eigenvalue weighted by molar-refractivity contribution is 5.21. The van der Waals surface area contributed by atoms with Gasteiger partial charge in [0.2, 0.25) is 0 Å². The predicted octanol–water partition coefficient (Wildman–Crippen LogP) is 2.94. The molecule has 98 valence electrons. The van der Waals surface area contributed by atoms with Crippen LogP contribution >= 0.6 is 0 Å². The molecule has 0 fully saturated rings. The summed E-state index contributed by atoms with van der Waals surface area (Å²) in [7, 11) is 0. The van der Waals surface area contributed by atoms with Crippen LogP contribution in [0.3, 0.4) is 0 Å². The lowest BCUT2D eigenvalue weighted by Gasteiger charge is -2.19. The minimum absolute atomic E-state index is 0.142. The third-order valence-corrected chi connectivity index (χ3v) is 3.21. The quantitative estimate of drug-likeness (QED) is 0.852. The van der Waals surface area contributed by atoms with Crippen molar-refractivity contribution < 1.29 is 5.11 Å². The third-order valence-electron chi connectivity index (χ3n) is 3.21. The van der Waals surface area contributed by atoms with E-state index in [0.717, 1.165) is 5.69 Å². The van der Waals surface area contributed by atoms with E-state index in [4.69, 9.17) is 0 Å². The van der Waals surface area contributed by atoms with Gasteiger partial charge in [-0.3, -0.25) is 0 Å². The summed E-state index contributed by atoms with van der Waals surface area (Å²) in [5, 5.41) is 10.2. The number of aliphatic hydroxyl groups excluding tert-OH is 1. The molecular weight excluding hydrogens is 236 g/mol. The Bertz CT molecular complexity index is 578. The molecule has 1 aromatic heterocycles. The molecule has 0 aliphatic rings. The molecule has 0 radical (unpaired) electrons. The van der Waals surface area contributed by atoms with Gasteiger partial charge in [-0.25, -0.2) is 4.98 Å². The van der Waals surface area contributed by atoms with Gasteiger partial charge >= 0.3 is 0 Å². The second-order valence-electron chi connectivity index (χ2n) is 4.46. The summed E-state index contributed by atoms with van der Waals surface area (Å²) in [6, 6.07) is 10.3. The van der Waals surface area contributed by atoms with Gasteiger partial charge in [0.05, 0.1) is 24.3 Å². The minimum Gasteiger partial charge on any atom is -0.386 e. The molecule has 1 N–H and O–H groups in total. The van der Waals surface area contributed by atoms with E-state index in [1.165, 1.54) is 5.56 Å². The molecular formula is C16H18N2O. The lowest BCUT2D eigenvalue weighted by Crippen LogP contribution is -2.12. The van der Waals surface area contributed by atoms with Gasteiger partial charge < -0.3 is 9.67 Å². The smallest absolute Gasteiger partial charge is 0.106 e. The molecule has 0 aliphatic carbocycles. The van der Waals surface area contributed by atoms with Crippen LogP contribution in [-0.2, 0) is 0 Å². The van der Waals surface area contributed by atoms with Gasteiger partial charge in [-0.05, 0) is 19.4 Å². The van der Waals surface area contributed by atoms with Crippen molar-refractivity contribution in [3.63, 3.8) is 0 Å². The van der Waals surface area contributed by atoms with E-state index in [-0.39, 0.29) is 6.04 Å². The fraction of sp³-hybridized carbons (Fsp3) is 0.312. The first kappa shape index (κ1) is 13.4. The van der Waals surface area contributed by atoms with Gasteiger partial charge in [0.25, 0.3) is 0 Å². The Kier molecular flexibility index (Phi) is 4.38. The second-order valence-corrected chi connectivity index (χ2v) is 4.46. The first-order chi connectivity index (χ1) is 9.24. The zero-order chi connectivity index (χ0) is 13.7. The van der Waals surface area contributed by atoms with Crippen molar-refractivity contribution in [1.82, 2.24) is 9.55 Å². The van der Waals surface area contributed by atoms with Gasteiger partial charge in [-0.2, -0.15) is 0 Å². The number of aliphatic hydroxyl groups is 1. The Balaban J connectivity index is 2.26. The van der Waals surface area contributed by atoms with E-state index in [2.05, 4.69) is 35.9 Å². The summed E-state index contributed by atoms with van der Waals surface area (Å²) < 4.78 is 2.00. The highest BCUT2D eigenvalue weighted by atomic mass is 16.3. The van der Waals surface area contributed by atoms with E-state index in [0.29, 0.717) is 6.42 Å². The Morgan fingerprint density at radius 1 is 1.32 bits per heavy atom. The molecule has 3 nitrogen and oxygen atoms in total. The summed E-state index contributed by atoms with van der Waals surface area (Å²) >= 11 is 0. The van der Waals surface area contributed by atoms with Crippen molar-refractivity contribution in [3.8, 4) is 11.8 Å². The Morgan fingerprint density at radius 3 is 2.74 bits per heavy atom. The van der Waals surface area contributed by atoms with Gasteiger partial charge in [-0.15, -0.1) is 11.8 Å². The lowest BCUT2D eigenvalue weighted by molar-refractivity contribution is 0.173. The third kappa shape index (κ3) is 3.04. The molecule has 0 saturated heterocycles. The Morgan fingerprint density at radius 2 is 2.05 bits per heavy atom. The molecule has 2 atom stereocenters.